The van der Waals surface area contributed by atoms with Crippen LogP contribution >= 0.6 is 12.2 Å². The SMILES string of the molecule is CC1(C)C(=S)N(c2ccc(C#N)cc2)C(=NC2CCCCC2)[C@H]1N1CCCCC1. The Bertz CT molecular complexity index is 808. The predicted octanol–water partition coefficient (Wildman–Crippen LogP) is 5.32. The van der Waals surface area contributed by atoms with E-state index in [2.05, 4.69) is 29.7 Å². The van der Waals surface area contributed by atoms with E-state index >= 15 is 0 Å². The van der Waals surface area contributed by atoms with Crippen molar-refractivity contribution in [1.29, 1.82) is 5.26 Å². The summed E-state index contributed by atoms with van der Waals surface area (Å²) in [6.07, 6.45) is 10.1. The Morgan fingerprint density at radius 3 is 2.24 bits per heavy atom. The van der Waals surface area contributed by atoms with E-state index in [-0.39, 0.29) is 11.5 Å². The normalized spacial score (nSPS) is 27.3. The summed E-state index contributed by atoms with van der Waals surface area (Å²) < 4.78 is 0. The molecule has 29 heavy (non-hydrogen) atoms. The third-order valence-electron chi connectivity index (χ3n) is 6.81. The Kier molecular flexibility index (Phi) is 6.03. The van der Waals surface area contributed by atoms with Crippen molar-refractivity contribution in [1.82, 2.24) is 4.90 Å². The zero-order valence-electron chi connectivity index (χ0n) is 17.7. The molecule has 154 valence electrons. The number of likely N-dealkylation sites (tertiary alicyclic amines) is 1. The zero-order chi connectivity index (χ0) is 20.4. The quantitative estimate of drug-likeness (QED) is 0.635. The van der Waals surface area contributed by atoms with E-state index in [0.29, 0.717) is 11.6 Å². The van der Waals surface area contributed by atoms with Crippen molar-refractivity contribution in [2.24, 2.45) is 10.4 Å². The molecule has 2 aliphatic heterocycles. The second kappa shape index (κ2) is 8.53. The number of aliphatic imine (C=N–C) groups is 1. The van der Waals surface area contributed by atoms with Crippen LogP contribution in [0.15, 0.2) is 29.3 Å². The molecule has 1 atom stereocenters. The lowest BCUT2D eigenvalue weighted by atomic mass is 9.85. The third-order valence-corrected chi connectivity index (χ3v) is 7.52. The van der Waals surface area contributed by atoms with Crippen molar-refractivity contribution in [3.8, 4) is 6.07 Å². The molecule has 1 aromatic rings. The summed E-state index contributed by atoms with van der Waals surface area (Å²) in [6, 6.07) is 10.7. The number of piperidine rings is 1. The molecule has 3 fully saturated rings. The standard InChI is InChI=1S/C24H32N4S/c1-24(2)21(27-15-7-4-8-16-27)22(26-19-9-5-3-6-10-19)28(23(24)29)20-13-11-18(17-25)12-14-20/h11-14,19,21H,3-10,15-16H2,1-2H3/t21-/m1/s1. The van der Waals surface area contributed by atoms with Crippen LogP contribution in [0.25, 0.3) is 0 Å². The van der Waals surface area contributed by atoms with Crippen molar-refractivity contribution in [3.63, 3.8) is 0 Å². The first kappa shape index (κ1) is 20.5. The molecular formula is C24H32N4S. The van der Waals surface area contributed by atoms with Gasteiger partial charge >= 0.3 is 0 Å². The van der Waals surface area contributed by atoms with Gasteiger partial charge in [-0.2, -0.15) is 5.26 Å². The molecule has 2 heterocycles. The summed E-state index contributed by atoms with van der Waals surface area (Å²) in [5, 5.41) is 9.19. The first-order valence-corrected chi connectivity index (χ1v) is 11.6. The van der Waals surface area contributed by atoms with Crippen LogP contribution in [0.2, 0.25) is 0 Å². The van der Waals surface area contributed by atoms with Gasteiger partial charge in [-0.25, -0.2) is 0 Å². The molecular weight excluding hydrogens is 376 g/mol. The maximum absolute atomic E-state index is 9.19. The lowest BCUT2D eigenvalue weighted by Crippen LogP contribution is -2.50. The van der Waals surface area contributed by atoms with E-state index in [1.54, 1.807) is 0 Å². The highest BCUT2D eigenvalue weighted by atomic mass is 32.1. The summed E-state index contributed by atoms with van der Waals surface area (Å²) in [5.74, 6) is 1.14. The highest BCUT2D eigenvalue weighted by Crippen LogP contribution is 2.41. The van der Waals surface area contributed by atoms with Crippen molar-refractivity contribution in [2.75, 3.05) is 18.0 Å². The molecule has 1 aliphatic carbocycles. The van der Waals surface area contributed by atoms with Crippen molar-refractivity contribution in [3.05, 3.63) is 29.8 Å². The van der Waals surface area contributed by atoms with Gasteiger partial charge in [-0.15, -0.1) is 0 Å². The molecule has 4 rings (SSSR count). The number of hydrogen-bond donors (Lipinski definition) is 0. The first-order chi connectivity index (χ1) is 14.0. The van der Waals surface area contributed by atoms with E-state index in [9.17, 15) is 5.26 Å². The molecule has 1 aromatic carbocycles. The van der Waals surface area contributed by atoms with Gasteiger partial charge in [0.05, 0.1) is 28.7 Å². The summed E-state index contributed by atoms with van der Waals surface area (Å²) in [5.41, 5.74) is 1.57. The maximum atomic E-state index is 9.19. The zero-order valence-corrected chi connectivity index (χ0v) is 18.5. The summed E-state index contributed by atoms with van der Waals surface area (Å²) in [7, 11) is 0. The van der Waals surface area contributed by atoms with E-state index < -0.39 is 0 Å². The average molecular weight is 409 g/mol. The molecule has 5 heteroatoms. The van der Waals surface area contributed by atoms with Crippen LogP contribution < -0.4 is 4.90 Å². The number of thiocarbonyl (C=S) groups is 1. The number of benzene rings is 1. The minimum atomic E-state index is -0.145. The Labute approximate surface area is 180 Å². The first-order valence-electron chi connectivity index (χ1n) is 11.2. The smallest absolute Gasteiger partial charge is 0.127 e. The third kappa shape index (κ3) is 3.98. The lowest BCUT2D eigenvalue weighted by molar-refractivity contribution is 0.154. The van der Waals surface area contributed by atoms with Gasteiger partial charge in [0.15, 0.2) is 0 Å². The molecule has 2 saturated heterocycles. The van der Waals surface area contributed by atoms with Gasteiger partial charge in [0, 0.05) is 11.1 Å². The Balaban J connectivity index is 1.77. The summed E-state index contributed by atoms with van der Waals surface area (Å²) >= 11 is 6.06. The van der Waals surface area contributed by atoms with Crippen molar-refractivity contribution < 1.29 is 0 Å². The molecule has 0 N–H and O–H groups in total. The van der Waals surface area contributed by atoms with Crippen LogP contribution in [-0.2, 0) is 0 Å². The molecule has 0 aromatic heterocycles. The van der Waals surface area contributed by atoms with Gasteiger partial charge in [-0.05, 0) is 63.0 Å². The van der Waals surface area contributed by atoms with Gasteiger partial charge in [0.25, 0.3) is 0 Å². The minimum Gasteiger partial charge on any atom is -0.293 e. The molecule has 0 spiro atoms. The molecule has 1 saturated carbocycles. The average Bonchev–Trinajstić information content (AvgIpc) is 2.94. The van der Waals surface area contributed by atoms with Crippen LogP contribution in [0.4, 0.5) is 5.69 Å². The largest absolute Gasteiger partial charge is 0.293 e. The van der Waals surface area contributed by atoms with Crippen molar-refractivity contribution in [2.45, 2.75) is 77.3 Å². The van der Waals surface area contributed by atoms with E-state index in [4.69, 9.17) is 17.2 Å². The number of amidine groups is 1. The molecule has 0 unspecified atom stereocenters. The Morgan fingerprint density at radius 2 is 1.62 bits per heavy atom. The number of hydrogen-bond acceptors (Lipinski definition) is 4. The lowest BCUT2D eigenvalue weighted by Gasteiger charge is -2.38. The summed E-state index contributed by atoms with van der Waals surface area (Å²) in [6.45, 7) is 6.83. The fourth-order valence-corrected chi connectivity index (χ4v) is 5.52. The maximum Gasteiger partial charge on any atom is 0.127 e. The molecule has 0 radical (unpaired) electrons. The van der Waals surface area contributed by atoms with Gasteiger partial charge in [0.1, 0.15) is 5.84 Å². The van der Waals surface area contributed by atoms with Crippen molar-refractivity contribution >= 4 is 28.7 Å². The fourth-order valence-electron chi connectivity index (χ4n) is 5.21. The van der Waals surface area contributed by atoms with Crippen LogP contribution in [0.5, 0.6) is 0 Å². The van der Waals surface area contributed by atoms with Gasteiger partial charge in [-0.1, -0.05) is 51.7 Å². The molecule has 0 bridgehead atoms. The number of nitriles is 1. The van der Waals surface area contributed by atoms with E-state index in [1.807, 2.05) is 24.3 Å². The fraction of sp³-hybridized carbons (Fsp3) is 0.625. The van der Waals surface area contributed by atoms with Crippen LogP contribution in [-0.4, -0.2) is 40.9 Å². The topological polar surface area (TPSA) is 42.6 Å². The monoisotopic (exact) mass is 408 g/mol. The number of anilines is 1. The van der Waals surface area contributed by atoms with Gasteiger partial charge in [-0.3, -0.25) is 14.8 Å². The second-order valence-electron chi connectivity index (χ2n) is 9.30. The van der Waals surface area contributed by atoms with Gasteiger partial charge in [0.2, 0.25) is 0 Å². The number of nitrogens with zero attached hydrogens (tertiary/aromatic N) is 4. The van der Waals surface area contributed by atoms with Crippen LogP contribution in [0.3, 0.4) is 0 Å². The molecule has 0 amide bonds. The molecule has 3 aliphatic rings. The van der Waals surface area contributed by atoms with Crippen LogP contribution in [0, 0.1) is 16.7 Å². The Morgan fingerprint density at radius 1 is 1.00 bits per heavy atom. The van der Waals surface area contributed by atoms with Crippen LogP contribution in [0.1, 0.15) is 70.8 Å². The van der Waals surface area contributed by atoms with E-state index in [1.165, 1.54) is 51.4 Å². The summed E-state index contributed by atoms with van der Waals surface area (Å²) in [4.78, 5) is 11.2. The second-order valence-corrected chi connectivity index (χ2v) is 9.69. The minimum absolute atomic E-state index is 0.145. The Hall–Kier alpha value is -1.77. The highest BCUT2D eigenvalue weighted by Gasteiger charge is 2.52. The van der Waals surface area contributed by atoms with Gasteiger partial charge < -0.3 is 0 Å². The predicted molar refractivity (Wildman–Crippen MR) is 124 cm³/mol. The van der Waals surface area contributed by atoms with E-state index in [0.717, 1.165) is 29.6 Å². The number of rotatable bonds is 3. The molecule has 4 nitrogen and oxygen atoms in total. The highest BCUT2D eigenvalue weighted by molar-refractivity contribution is 7.80.